The molecule has 2 aromatic carbocycles. The van der Waals surface area contributed by atoms with Gasteiger partial charge in [0.1, 0.15) is 11.2 Å². The number of carbonyl (C=O) groups is 2. The molecule has 0 radical (unpaired) electrons. The second kappa shape index (κ2) is 14.0. The van der Waals surface area contributed by atoms with Crippen molar-refractivity contribution in [1.82, 2.24) is 9.80 Å². The molecule has 2 amide bonds. The van der Waals surface area contributed by atoms with Gasteiger partial charge in [-0.1, -0.05) is 36.4 Å². The van der Waals surface area contributed by atoms with Gasteiger partial charge in [-0.05, 0) is 143 Å². The minimum atomic E-state index is -0.484. The molecular weight excluding hydrogens is 658 g/mol. The molecule has 0 aromatic heterocycles. The number of ether oxygens (including phenoxy) is 2. The number of rotatable bonds is 2. The topological polar surface area (TPSA) is 96.0 Å². The zero-order valence-corrected chi connectivity index (χ0v) is 34.0. The standard InChI is InChI=1S/2C20H30BNO4/c1-18(2,3)24-17(23)22-11-10-14-8-9-16(12-15(14)13-22)21-25-19(4,5)20(6,7)26-21;1-18(2,3)24-17(23)22-12-11-15-14(13-22)9-8-10-16(15)21-25-19(4,5)20(6,7)26-21/h8-9,12H,10-11,13H2,1-7H3;8-10H,11-13H2,1-7H3. The summed E-state index contributed by atoms with van der Waals surface area (Å²) in [5.41, 5.74) is 4.41. The fraction of sp³-hybridized carbons (Fsp3) is 0.650. The van der Waals surface area contributed by atoms with Gasteiger partial charge in [-0.3, -0.25) is 0 Å². The molecule has 6 rings (SSSR count). The first-order chi connectivity index (χ1) is 23.8. The Morgan fingerprint density at radius 2 is 1.08 bits per heavy atom. The molecule has 10 nitrogen and oxygen atoms in total. The largest absolute Gasteiger partial charge is 0.495 e. The molecule has 12 heteroatoms. The van der Waals surface area contributed by atoms with Crippen molar-refractivity contribution in [3.8, 4) is 0 Å². The lowest BCUT2D eigenvalue weighted by atomic mass is 9.73. The third-order valence-corrected chi connectivity index (χ3v) is 10.9. The molecule has 52 heavy (non-hydrogen) atoms. The van der Waals surface area contributed by atoms with Gasteiger partial charge in [-0.25, -0.2) is 9.59 Å². The molecule has 4 aliphatic rings. The highest BCUT2D eigenvalue weighted by Gasteiger charge is 2.53. The van der Waals surface area contributed by atoms with Crippen molar-refractivity contribution in [2.45, 2.75) is 156 Å². The number of fused-ring (bicyclic) bond motifs is 2. The van der Waals surface area contributed by atoms with Crippen LogP contribution in [0.3, 0.4) is 0 Å². The van der Waals surface area contributed by atoms with E-state index < -0.39 is 11.2 Å². The fourth-order valence-electron chi connectivity index (χ4n) is 6.50. The maximum atomic E-state index is 12.4. The van der Waals surface area contributed by atoms with E-state index in [4.69, 9.17) is 28.1 Å². The number of hydrogen-bond acceptors (Lipinski definition) is 8. The van der Waals surface area contributed by atoms with E-state index in [2.05, 4.69) is 85.7 Å². The van der Waals surface area contributed by atoms with Crippen molar-refractivity contribution in [3.05, 3.63) is 58.7 Å². The summed E-state index contributed by atoms with van der Waals surface area (Å²) in [6.45, 7) is 30.2. The summed E-state index contributed by atoms with van der Waals surface area (Å²) in [7, 11) is -0.759. The number of amides is 2. The van der Waals surface area contributed by atoms with Crippen molar-refractivity contribution < 1.29 is 37.7 Å². The number of hydrogen-bond donors (Lipinski definition) is 0. The van der Waals surface area contributed by atoms with Crippen LogP contribution >= 0.6 is 0 Å². The number of carbonyl (C=O) groups excluding carboxylic acids is 2. The van der Waals surface area contributed by atoms with Crippen molar-refractivity contribution in [3.63, 3.8) is 0 Å². The van der Waals surface area contributed by atoms with Crippen LogP contribution in [-0.2, 0) is 54.0 Å². The maximum Gasteiger partial charge on any atom is 0.495 e. The first-order valence-corrected chi connectivity index (χ1v) is 18.7. The molecule has 0 unspecified atom stereocenters. The van der Waals surface area contributed by atoms with E-state index in [0.29, 0.717) is 26.2 Å². The Kier molecular flexibility index (Phi) is 10.8. The summed E-state index contributed by atoms with van der Waals surface area (Å²) in [6, 6.07) is 12.5. The zero-order chi connectivity index (χ0) is 38.7. The van der Waals surface area contributed by atoms with Crippen molar-refractivity contribution >= 4 is 37.3 Å². The molecule has 2 aromatic rings. The van der Waals surface area contributed by atoms with Crippen LogP contribution in [0.2, 0.25) is 0 Å². The molecule has 4 aliphatic heterocycles. The summed E-state index contributed by atoms with van der Waals surface area (Å²) >= 11 is 0. The molecule has 0 saturated carbocycles. The summed E-state index contributed by atoms with van der Waals surface area (Å²) in [5, 5.41) is 0. The minimum Gasteiger partial charge on any atom is -0.444 e. The van der Waals surface area contributed by atoms with Crippen LogP contribution in [0, 0.1) is 0 Å². The SMILES string of the molecule is CC(C)(C)OC(=O)N1CCc2c(cccc2B2OC(C)(C)C(C)(C)O2)C1.CC(C)(C)OC(=O)N1CCc2ccc(B3OC(C)(C)C(C)(C)O3)cc2C1. The molecule has 0 bridgehead atoms. The van der Waals surface area contributed by atoms with E-state index in [1.165, 1.54) is 11.1 Å². The first-order valence-electron chi connectivity index (χ1n) is 18.7. The number of benzene rings is 2. The van der Waals surface area contributed by atoms with E-state index >= 15 is 0 Å². The van der Waals surface area contributed by atoms with Crippen LogP contribution < -0.4 is 10.9 Å². The van der Waals surface area contributed by atoms with Crippen LogP contribution in [0.5, 0.6) is 0 Å². The molecule has 0 N–H and O–H groups in total. The van der Waals surface area contributed by atoms with Crippen molar-refractivity contribution in [2.75, 3.05) is 13.1 Å². The number of nitrogens with zero attached hydrogens (tertiary/aromatic N) is 2. The average Bonchev–Trinajstić information content (AvgIpc) is 3.37. The molecule has 0 spiro atoms. The summed E-state index contributed by atoms with van der Waals surface area (Å²) in [4.78, 5) is 28.3. The smallest absolute Gasteiger partial charge is 0.444 e. The van der Waals surface area contributed by atoms with Gasteiger partial charge in [0, 0.05) is 26.2 Å². The van der Waals surface area contributed by atoms with Gasteiger partial charge >= 0.3 is 26.4 Å². The van der Waals surface area contributed by atoms with Gasteiger partial charge in [0.25, 0.3) is 0 Å². The summed E-state index contributed by atoms with van der Waals surface area (Å²) in [5.74, 6) is 0. The summed E-state index contributed by atoms with van der Waals surface area (Å²) in [6.07, 6.45) is 1.08. The maximum absolute atomic E-state index is 12.4. The molecule has 0 atom stereocenters. The first kappa shape index (κ1) is 40.1. The Labute approximate surface area is 312 Å². The normalized spacial score (nSPS) is 21.5. The van der Waals surface area contributed by atoms with E-state index in [9.17, 15) is 9.59 Å². The predicted molar refractivity (Wildman–Crippen MR) is 205 cm³/mol. The Hall–Kier alpha value is -3.05. The van der Waals surface area contributed by atoms with Crippen LogP contribution in [0.25, 0.3) is 0 Å². The summed E-state index contributed by atoms with van der Waals surface area (Å²) < 4.78 is 35.8. The molecule has 2 saturated heterocycles. The lowest BCUT2D eigenvalue weighted by Gasteiger charge is -2.32. The minimum absolute atomic E-state index is 0.260. The Bertz CT molecular complexity index is 1600. The van der Waals surface area contributed by atoms with Crippen molar-refractivity contribution in [1.29, 1.82) is 0 Å². The van der Waals surface area contributed by atoms with Gasteiger partial charge in [-0.2, -0.15) is 0 Å². The Morgan fingerprint density at radius 1 is 0.615 bits per heavy atom. The van der Waals surface area contributed by atoms with Crippen LogP contribution in [-0.4, -0.2) is 82.9 Å². The van der Waals surface area contributed by atoms with Crippen LogP contribution in [0.15, 0.2) is 36.4 Å². The third-order valence-electron chi connectivity index (χ3n) is 10.9. The Balaban J connectivity index is 0.000000201. The van der Waals surface area contributed by atoms with E-state index in [0.717, 1.165) is 34.9 Å². The molecule has 2 fully saturated rings. The van der Waals surface area contributed by atoms with Crippen LogP contribution in [0.4, 0.5) is 9.59 Å². The molecule has 4 heterocycles. The lowest BCUT2D eigenvalue weighted by molar-refractivity contribution is 0.00578. The van der Waals surface area contributed by atoms with E-state index in [-0.39, 0.29) is 48.8 Å². The zero-order valence-electron chi connectivity index (χ0n) is 34.0. The van der Waals surface area contributed by atoms with Gasteiger partial charge in [0.15, 0.2) is 0 Å². The average molecular weight is 719 g/mol. The van der Waals surface area contributed by atoms with Gasteiger partial charge in [-0.15, -0.1) is 0 Å². The quantitative estimate of drug-likeness (QED) is 0.323. The van der Waals surface area contributed by atoms with Gasteiger partial charge < -0.3 is 37.9 Å². The molecular formula is C40H60B2N2O8. The Morgan fingerprint density at radius 3 is 1.58 bits per heavy atom. The highest BCUT2D eigenvalue weighted by atomic mass is 16.7. The third kappa shape index (κ3) is 8.83. The van der Waals surface area contributed by atoms with Gasteiger partial charge in [0.05, 0.1) is 22.4 Å². The van der Waals surface area contributed by atoms with Crippen molar-refractivity contribution in [2.24, 2.45) is 0 Å². The monoisotopic (exact) mass is 718 g/mol. The predicted octanol–water partition coefficient (Wildman–Crippen LogP) is 6.56. The van der Waals surface area contributed by atoms with E-state index in [1.807, 2.05) is 47.6 Å². The molecule has 284 valence electrons. The second-order valence-corrected chi connectivity index (χ2v) is 18.5. The van der Waals surface area contributed by atoms with Gasteiger partial charge in [0.2, 0.25) is 0 Å². The fourth-order valence-corrected chi connectivity index (χ4v) is 6.50. The highest BCUT2D eigenvalue weighted by Crippen LogP contribution is 2.38. The highest BCUT2D eigenvalue weighted by molar-refractivity contribution is 6.63. The lowest BCUT2D eigenvalue weighted by Crippen LogP contribution is -2.44. The van der Waals surface area contributed by atoms with Crippen LogP contribution in [0.1, 0.15) is 119 Å². The second-order valence-electron chi connectivity index (χ2n) is 18.5. The molecule has 0 aliphatic carbocycles. The van der Waals surface area contributed by atoms with E-state index in [1.54, 1.807) is 9.80 Å².